The molecule has 0 spiro atoms. The van der Waals surface area contributed by atoms with E-state index in [4.69, 9.17) is 5.73 Å². The number of allylic oxidation sites excluding steroid dienone is 1. The summed E-state index contributed by atoms with van der Waals surface area (Å²) in [5.41, 5.74) is 6.28. The van der Waals surface area contributed by atoms with Crippen molar-refractivity contribution in [3.05, 3.63) is 28.7 Å². The van der Waals surface area contributed by atoms with Crippen LogP contribution in [-0.2, 0) is 0 Å². The van der Waals surface area contributed by atoms with Gasteiger partial charge < -0.3 is 5.73 Å². The van der Waals surface area contributed by atoms with Crippen molar-refractivity contribution in [2.24, 2.45) is 5.73 Å². The highest BCUT2D eigenvalue weighted by Gasteiger charge is 2.12. The second-order valence-electron chi connectivity index (χ2n) is 4.17. The van der Waals surface area contributed by atoms with Gasteiger partial charge >= 0.3 is 0 Å². The van der Waals surface area contributed by atoms with Crippen molar-refractivity contribution in [1.29, 1.82) is 0 Å². The van der Waals surface area contributed by atoms with Crippen molar-refractivity contribution in [1.82, 2.24) is 4.98 Å². The molecule has 1 rings (SSSR count). The van der Waals surface area contributed by atoms with Gasteiger partial charge in [0.1, 0.15) is 10.7 Å². The molecule has 17 heavy (non-hydrogen) atoms. The maximum atomic E-state index is 11.8. The molecule has 0 radical (unpaired) electrons. The summed E-state index contributed by atoms with van der Waals surface area (Å²) in [6.07, 6.45) is 6.63. The first kappa shape index (κ1) is 14.1. The quantitative estimate of drug-likeness (QED) is 0.438. The lowest BCUT2D eigenvalue weighted by Crippen LogP contribution is -2.06. The zero-order valence-electron chi connectivity index (χ0n) is 10.3. The molecule has 1 aromatic rings. The Morgan fingerprint density at radius 1 is 1.59 bits per heavy atom. The van der Waals surface area contributed by atoms with Crippen molar-refractivity contribution < 1.29 is 4.79 Å². The fraction of sp³-hybridized carbons (Fsp3) is 0.538. The van der Waals surface area contributed by atoms with Crippen LogP contribution in [0.25, 0.3) is 0 Å². The molecular weight excluding hydrogens is 232 g/mol. The number of nitrogens with two attached hydrogens (primary N) is 1. The monoisotopic (exact) mass is 252 g/mol. The fourth-order valence-electron chi connectivity index (χ4n) is 1.50. The number of rotatable bonds is 8. The highest BCUT2D eigenvalue weighted by atomic mass is 32.1. The predicted octanol–water partition coefficient (Wildman–Crippen LogP) is 3.48. The van der Waals surface area contributed by atoms with Gasteiger partial charge in [-0.05, 0) is 26.2 Å². The summed E-state index contributed by atoms with van der Waals surface area (Å²) in [6, 6.07) is -0.0888. The Hall–Kier alpha value is -1.00. The molecule has 1 heterocycles. The number of Topliss-reactive ketones (excluding diaryl/α,β-unsaturated/α-hetero) is 1. The van der Waals surface area contributed by atoms with E-state index in [1.54, 1.807) is 0 Å². The molecule has 0 aliphatic rings. The van der Waals surface area contributed by atoms with E-state index in [9.17, 15) is 4.79 Å². The number of carbonyl (C=O) groups is 1. The summed E-state index contributed by atoms with van der Waals surface area (Å²) in [5, 5.41) is 2.64. The molecule has 3 nitrogen and oxygen atoms in total. The Balaban J connectivity index is 2.33. The van der Waals surface area contributed by atoms with Gasteiger partial charge in [0.25, 0.3) is 0 Å². The summed E-state index contributed by atoms with van der Waals surface area (Å²) in [4.78, 5) is 16.0. The minimum atomic E-state index is -0.0888. The van der Waals surface area contributed by atoms with Gasteiger partial charge in [-0.3, -0.25) is 4.79 Å². The number of aromatic nitrogens is 1. The van der Waals surface area contributed by atoms with E-state index in [2.05, 4.69) is 11.6 Å². The van der Waals surface area contributed by atoms with Crippen LogP contribution in [0.3, 0.4) is 0 Å². The van der Waals surface area contributed by atoms with Crippen LogP contribution in [0.5, 0.6) is 0 Å². The van der Waals surface area contributed by atoms with Crippen LogP contribution >= 0.6 is 11.3 Å². The zero-order chi connectivity index (χ0) is 12.7. The molecule has 0 amide bonds. The van der Waals surface area contributed by atoms with Crippen LogP contribution in [0.1, 0.15) is 60.6 Å². The smallest absolute Gasteiger partial charge is 0.182 e. The molecular formula is C13H20N2OS. The molecule has 1 atom stereocenters. The Morgan fingerprint density at radius 3 is 2.94 bits per heavy atom. The Labute approximate surface area is 107 Å². The van der Waals surface area contributed by atoms with Crippen LogP contribution in [0.15, 0.2) is 18.0 Å². The first-order valence-electron chi connectivity index (χ1n) is 6.00. The molecule has 0 fully saturated rings. The van der Waals surface area contributed by atoms with E-state index in [1.165, 1.54) is 11.3 Å². The number of unbranched alkanes of at least 4 members (excludes halogenated alkanes) is 3. The summed E-state index contributed by atoms with van der Waals surface area (Å²) in [5.74, 6) is 0.131. The second-order valence-corrected chi connectivity index (χ2v) is 5.06. The van der Waals surface area contributed by atoms with Crippen molar-refractivity contribution >= 4 is 17.1 Å². The third kappa shape index (κ3) is 4.79. The van der Waals surface area contributed by atoms with Crippen LogP contribution in [0.2, 0.25) is 0 Å². The predicted molar refractivity (Wildman–Crippen MR) is 72.3 cm³/mol. The molecule has 0 aliphatic heterocycles. The van der Waals surface area contributed by atoms with E-state index >= 15 is 0 Å². The third-order valence-corrected chi connectivity index (χ3v) is 3.55. The SMILES string of the molecule is C=CCCCCCC(=O)c1csc(C(C)N)n1. The molecule has 0 bridgehead atoms. The molecule has 0 aromatic carbocycles. The summed E-state index contributed by atoms with van der Waals surface area (Å²) < 4.78 is 0. The van der Waals surface area contributed by atoms with E-state index < -0.39 is 0 Å². The van der Waals surface area contributed by atoms with Gasteiger partial charge in [0.05, 0.1) is 6.04 Å². The maximum absolute atomic E-state index is 11.8. The van der Waals surface area contributed by atoms with Gasteiger partial charge in [0.2, 0.25) is 0 Å². The highest BCUT2D eigenvalue weighted by Crippen LogP contribution is 2.17. The number of nitrogens with zero attached hydrogens (tertiary/aromatic N) is 1. The minimum Gasteiger partial charge on any atom is -0.322 e. The number of ketones is 1. The van der Waals surface area contributed by atoms with Crippen LogP contribution in [0.4, 0.5) is 0 Å². The van der Waals surface area contributed by atoms with Gasteiger partial charge in [0.15, 0.2) is 5.78 Å². The normalized spacial score (nSPS) is 12.4. The van der Waals surface area contributed by atoms with Gasteiger partial charge in [0, 0.05) is 11.8 Å². The van der Waals surface area contributed by atoms with Gasteiger partial charge in [-0.2, -0.15) is 0 Å². The molecule has 0 aliphatic carbocycles. The number of carbonyl (C=O) groups excluding carboxylic acids is 1. The molecule has 2 N–H and O–H groups in total. The molecule has 94 valence electrons. The van der Waals surface area contributed by atoms with Crippen LogP contribution in [-0.4, -0.2) is 10.8 Å². The molecule has 0 saturated carbocycles. The van der Waals surface area contributed by atoms with Crippen LogP contribution in [0, 0.1) is 0 Å². The largest absolute Gasteiger partial charge is 0.322 e. The van der Waals surface area contributed by atoms with Crippen LogP contribution < -0.4 is 5.73 Å². The number of hydrogen-bond donors (Lipinski definition) is 1. The number of hydrogen-bond acceptors (Lipinski definition) is 4. The Kier molecular flexibility index (Phi) is 6.08. The highest BCUT2D eigenvalue weighted by molar-refractivity contribution is 7.09. The summed E-state index contributed by atoms with van der Waals surface area (Å²) in [7, 11) is 0. The van der Waals surface area contributed by atoms with Gasteiger partial charge in [-0.15, -0.1) is 17.9 Å². The lowest BCUT2D eigenvalue weighted by atomic mass is 10.1. The summed E-state index contributed by atoms with van der Waals surface area (Å²) >= 11 is 1.46. The molecule has 1 unspecified atom stereocenters. The Bertz CT molecular complexity index is 371. The average Bonchev–Trinajstić information content (AvgIpc) is 2.78. The molecule has 0 saturated heterocycles. The lowest BCUT2D eigenvalue weighted by Gasteiger charge is -1.99. The van der Waals surface area contributed by atoms with Crippen molar-refractivity contribution in [2.75, 3.05) is 0 Å². The van der Waals surface area contributed by atoms with E-state index in [1.807, 2.05) is 18.4 Å². The van der Waals surface area contributed by atoms with E-state index in [-0.39, 0.29) is 11.8 Å². The standard InChI is InChI=1S/C13H20N2OS/c1-3-4-5-6-7-8-12(16)11-9-17-13(15-11)10(2)14/h3,9-10H,1,4-8,14H2,2H3. The minimum absolute atomic E-state index is 0.0888. The van der Waals surface area contributed by atoms with E-state index in [0.717, 1.165) is 30.7 Å². The van der Waals surface area contributed by atoms with Crippen molar-refractivity contribution in [3.8, 4) is 0 Å². The Morgan fingerprint density at radius 2 is 2.35 bits per heavy atom. The second kappa shape index (κ2) is 7.35. The first-order valence-corrected chi connectivity index (χ1v) is 6.88. The fourth-order valence-corrected chi connectivity index (χ4v) is 2.29. The topological polar surface area (TPSA) is 56.0 Å². The summed E-state index contributed by atoms with van der Waals surface area (Å²) in [6.45, 7) is 5.55. The third-order valence-electron chi connectivity index (χ3n) is 2.51. The van der Waals surface area contributed by atoms with E-state index in [0.29, 0.717) is 12.1 Å². The van der Waals surface area contributed by atoms with Gasteiger partial charge in [-0.1, -0.05) is 12.5 Å². The van der Waals surface area contributed by atoms with Crippen molar-refractivity contribution in [3.63, 3.8) is 0 Å². The van der Waals surface area contributed by atoms with Crippen molar-refractivity contribution in [2.45, 2.75) is 45.1 Å². The maximum Gasteiger partial charge on any atom is 0.182 e. The molecule has 1 aromatic heterocycles. The number of thiazole rings is 1. The average molecular weight is 252 g/mol. The molecule has 4 heteroatoms. The first-order chi connectivity index (χ1) is 8.15. The zero-order valence-corrected chi connectivity index (χ0v) is 11.1. The van der Waals surface area contributed by atoms with Gasteiger partial charge in [-0.25, -0.2) is 4.98 Å². The lowest BCUT2D eigenvalue weighted by molar-refractivity contribution is 0.0975.